The van der Waals surface area contributed by atoms with Gasteiger partial charge >= 0.3 is 6.72 Å². The highest BCUT2D eigenvalue weighted by atomic mass is 32.5. The Hall–Kier alpha value is -1.20. The van der Waals surface area contributed by atoms with Gasteiger partial charge in [-0.2, -0.15) is 0 Å². The third-order valence-electron chi connectivity index (χ3n) is 3.59. The van der Waals surface area contributed by atoms with Crippen molar-refractivity contribution in [2.45, 2.75) is 18.2 Å². The number of fused-ring (bicyclic) bond motifs is 1. The first kappa shape index (κ1) is 16.7. The van der Waals surface area contributed by atoms with Crippen molar-refractivity contribution >= 4 is 29.6 Å². The minimum atomic E-state index is -3.86. The Morgan fingerprint density at radius 2 is 2.35 bits per heavy atom. The fourth-order valence-corrected chi connectivity index (χ4v) is 3.05. The molecule has 0 amide bonds. The van der Waals surface area contributed by atoms with E-state index in [4.69, 9.17) is 14.5 Å². The summed E-state index contributed by atoms with van der Waals surface area (Å²) in [5.74, 6) is -0.762. The van der Waals surface area contributed by atoms with Gasteiger partial charge in [0.15, 0.2) is 11.5 Å². The van der Waals surface area contributed by atoms with E-state index in [0.717, 1.165) is 12.5 Å². The molecule has 2 aromatic rings. The van der Waals surface area contributed by atoms with Gasteiger partial charge in [-0.25, -0.2) is 9.37 Å². The first-order valence-corrected chi connectivity index (χ1v) is 9.14. The minimum absolute atomic E-state index is 0.00657. The molecule has 0 aromatic carbocycles. The lowest BCUT2D eigenvalue weighted by Gasteiger charge is -2.19. The zero-order valence-corrected chi connectivity index (χ0v) is 13.2. The molecule has 0 aliphatic carbocycles. The van der Waals surface area contributed by atoms with Crippen molar-refractivity contribution < 1.29 is 28.5 Å². The number of H-pyrrole nitrogens is 1. The third-order valence-corrected chi connectivity index (χ3v) is 4.39. The van der Waals surface area contributed by atoms with Crippen LogP contribution in [0.5, 0.6) is 0 Å². The van der Waals surface area contributed by atoms with E-state index < -0.39 is 36.3 Å². The van der Waals surface area contributed by atoms with Crippen LogP contribution in [-0.4, -0.2) is 54.9 Å². The molecule has 1 fully saturated rings. The Morgan fingerprint density at radius 3 is 3.04 bits per heavy atom. The average molecular weight is 365 g/mol. The summed E-state index contributed by atoms with van der Waals surface area (Å²) in [6.45, 7) is -4.18. The van der Waals surface area contributed by atoms with Gasteiger partial charge in [0, 0.05) is 6.20 Å². The number of aromatic amines is 1. The number of nitrogens with zero attached hydrogens (tertiary/aromatic N) is 2. The predicted molar refractivity (Wildman–Crippen MR) is 79.8 cm³/mol. The molecule has 12 heteroatoms. The standard InChI is InChI=1S/C11H13FN3O6PS/c12-5-1-15(10-8(5)11(17)14-4-13-10)6-2-20-7(9(6)16)3-21-22(18,19)23/h1,4,6-7,9,16H,2-3H2,(H,13,14,17)(H2,18,19,23)/t6-,7-,9+/m1/s1. The van der Waals surface area contributed by atoms with E-state index in [1.54, 1.807) is 0 Å². The number of rotatable bonds is 4. The smallest absolute Gasteiger partial charge is 0.321 e. The van der Waals surface area contributed by atoms with Gasteiger partial charge in [-0.1, -0.05) is 0 Å². The Balaban J connectivity index is 1.88. The fourth-order valence-electron chi connectivity index (χ4n) is 2.53. The summed E-state index contributed by atoms with van der Waals surface area (Å²) in [7, 11) is 0. The van der Waals surface area contributed by atoms with Gasteiger partial charge < -0.3 is 33.7 Å². The van der Waals surface area contributed by atoms with Gasteiger partial charge in [0.2, 0.25) is 0 Å². The Kier molecular flexibility index (Phi) is 4.36. The maximum atomic E-state index is 13.9. The van der Waals surface area contributed by atoms with Gasteiger partial charge in [0.1, 0.15) is 17.6 Å². The van der Waals surface area contributed by atoms with Crippen molar-refractivity contribution in [3.05, 3.63) is 28.7 Å². The van der Waals surface area contributed by atoms with Crippen molar-refractivity contribution in [1.82, 2.24) is 14.5 Å². The molecule has 9 nitrogen and oxygen atoms in total. The molecular weight excluding hydrogens is 352 g/mol. The van der Waals surface area contributed by atoms with Crippen LogP contribution in [-0.2, 0) is 21.1 Å². The van der Waals surface area contributed by atoms with Crippen LogP contribution in [0.25, 0.3) is 11.0 Å². The van der Waals surface area contributed by atoms with E-state index in [9.17, 15) is 14.3 Å². The Morgan fingerprint density at radius 1 is 1.61 bits per heavy atom. The summed E-state index contributed by atoms with van der Waals surface area (Å²) >= 11 is 4.32. The second kappa shape index (κ2) is 6.02. The van der Waals surface area contributed by atoms with Crippen molar-refractivity contribution in [3.8, 4) is 0 Å². The normalized spacial score (nSPS) is 25.3. The van der Waals surface area contributed by atoms with E-state index in [-0.39, 0.29) is 24.2 Å². The van der Waals surface area contributed by atoms with Crippen LogP contribution in [0, 0.1) is 5.82 Å². The SMILES string of the molecule is O=c1[nH]cnc2c1c(F)cn2[C@@H]1CO[C@H](COP(O)(O)=S)[C@H]1O. The van der Waals surface area contributed by atoms with Gasteiger partial charge in [-0.15, -0.1) is 0 Å². The number of halogens is 1. The van der Waals surface area contributed by atoms with Crippen LogP contribution in [0.2, 0.25) is 0 Å². The van der Waals surface area contributed by atoms with Crippen molar-refractivity contribution in [3.63, 3.8) is 0 Å². The molecule has 0 saturated carbocycles. The molecule has 126 valence electrons. The molecule has 23 heavy (non-hydrogen) atoms. The van der Waals surface area contributed by atoms with Gasteiger partial charge in [-0.05, 0) is 11.8 Å². The predicted octanol–water partition coefficient (Wildman–Crippen LogP) is -0.610. The van der Waals surface area contributed by atoms with Gasteiger partial charge in [-0.3, -0.25) is 4.79 Å². The maximum absolute atomic E-state index is 13.9. The van der Waals surface area contributed by atoms with Crippen molar-refractivity contribution in [2.75, 3.05) is 13.2 Å². The summed E-state index contributed by atoms with van der Waals surface area (Å²) < 4.78 is 25.3. The molecule has 0 bridgehead atoms. The number of hydrogen-bond acceptors (Lipinski definition) is 6. The van der Waals surface area contributed by atoms with E-state index in [2.05, 4.69) is 26.3 Å². The summed E-state index contributed by atoms with van der Waals surface area (Å²) in [5.41, 5.74) is -0.546. The van der Waals surface area contributed by atoms with Crippen LogP contribution in [0.15, 0.2) is 17.3 Å². The fraction of sp³-hybridized carbons (Fsp3) is 0.455. The van der Waals surface area contributed by atoms with Crippen LogP contribution in [0.4, 0.5) is 4.39 Å². The van der Waals surface area contributed by atoms with Crippen LogP contribution in [0.3, 0.4) is 0 Å². The third kappa shape index (κ3) is 3.22. The van der Waals surface area contributed by atoms with Crippen LogP contribution >= 0.6 is 6.72 Å². The zero-order chi connectivity index (χ0) is 16.8. The summed E-state index contributed by atoms with van der Waals surface area (Å²) in [6, 6.07) is -0.708. The molecule has 1 aliphatic heterocycles. The second-order valence-electron chi connectivity index (χ2n) is 5.03. The first-order chi connectivity index (χ1) is 10.8. The molecule has 0 unspecified atom stereocenters. The van der Waals surface area contributed by atoms with E-state index >= 15 is 0 Å². The monoisotopic (exact) mass is 365 g/mol. The first-order valence-electron chi connectivity index (χ1n) is 6.51. The molecule has 0 radical (unpaired) electrons. The Labute approximate surface area is 133 Å². The van der Waals surface area contributed by atoms with Crippen LogP contribution < -0.4 is 5.56 Å². The lowest BCUT2D eigenvalue weighted by Crippen LogP contribution is -2.31. The molecule has 3 heterocycles. The number of aliphatic hydroxyl groups excluding tert-OH is 1. The molecule has 0 spiro atoms. The van der Waals surface area contributed by atoms with E-state index in [1.807, 2.05) is 0 Å². The van der Waals surface area contributed by atoms with E-state index in [1.165, 1.54) is 4.57 Å². The minimum Gasteiger partial charge on any atom is -0.388 e. The molecular formula is C11H13FN3O6PS. The lowest BCUT2D eigenvalue weighted by atomic mass is 10.1. The lowest BCUT2D eigenvalue weighted by molar-refractivity contribution is 0.00586. The molecule has 1 saturated heterocycles. The Bertz CT molecular complexity index is 835. The summed E-state index contributed by atoms with van der Waals surface area (Å²) in [6.07, 6.45) is 0.198. The topological polar surface area (TPSA) is 130 Å². The molecule has 3 rings (SSSR count). The number of hydrogen-bond donors (Lipinski definition) is 4. The molecule has 2 aromatic heterocycles. The molecule has 3 atom stereocenters. The highest BCUT2D eigenvalue weighted by Gasteiger charge is 2.39. The van der Waals surface area contributed by atoms with Crippen LogP contribution in [0.1, 0.15) is 6.04 Å². The largest absolute Gasteiger partial charge is 0.388 e. The van der Waals surface area contributed by atoms with Gasteiger partial charge in [0.25, 0.3) is 5.56 Å². The van der Waals surface area contributed by atoms with E-state index in [0.29, 0.717) is 0 Å². The van der Waals surface area contributed by atoms with Crippen molar-refractivity contribution in [2.24, 2.45) is 0 Å². The number of nitrogens with one attached hydrogen (secondary N) is 1. The second-order valence-corrected chi connectivity index (χ2v) is 7.70. The number of ether oxygens (including phenoxy) is 1. The van der Waals surface area contributed by atoms with Crippen molar-refractivity contribution in [1.29, 1.82) is 0 Å². The molecule has 4 N–H and O–H groups in total. The molecule has 1 aliphatic rings. The van der Waals surface area contributed by atoms with Gasteiger partial charge in [0.05, 0.1) is 25.6 Å². The number of aromatic nitrogens is 3. The maximum Gasteiger partial charge on any atom is 0.321 e. The average Bonchev–Trinajstić information content (AvgIpc) is 2.98. The highest BCUT2D eigenvalue weighted by molar-refractivity contribution is 8.06. The quantitative estimate of drug-likeness (QED) is 0.528. The summed E-state index contributed by atoms with van der Waals surface area (Å²) in [4.78, 5) is 36.0. The summed E-state index contributed by atoms with van der Waals surface area (Å²) in [5, 5.41) is 10.1. The zero-order valence-electron chi connectivity index (χ0n) is 11.5. The highest BCUT2D eigenvalue weighted by Crippen LogP contribution is 2.38. The number of aliphatic hydroxyl groups is 1.